The Morgan fingerprint density at radius 3 is 2.74 bits per heavy atom. The van der Waals surface area contributed by atoms with E-state index in [1.165, 1.54) is 5.56 Å². The molecular formula is C24H33N5O2. The molecule has 1 amide bonds. The van der Waals surface area contributed by atoms with Gasteiger partial charge in [0.15, 0.2) is 5.96 Å². The number of benzene rings is 1. The van der Waals surface area contributed by atoms with Crippen molar-refractivity contribution in [3.63, 3.8) is 0 Å². The summed E-state index contributed by atoms with van der Waals surface area (Å²) in [7, 11) is 3.43. The summed E-state index contributed by atoms with van der Waals surface area (Å²) in [6.45, 7) is 6.81. The van der Waals surface area contributed by atoms with Crippen molar-refractivity contribution in [3.8, 4) is 5.75 Å². The predicted molar refractivity (Wildman–Crippen MR) is 123 cm³/mol. The van der Waals surface area contributed by atoms with Crippen molar-refractivity contribution in [1.82, 2.24) is 20.5 Å². The summed E-state index contributed by atoms with van der Waals surface area (Å²) in [5.41, 5.74) is 4.24. The van der Waals surface area contributed by atoms with Crippen LogP contribution in [-0.4, -0.2) is 55.5 Å². The molecule has 2 N–H and O–H groups in total. The minimum absolute atomic E-state index is 0.234. The van der Waals surface area contributed by atoms with Gasteiger partial charge in [-0.1, -0.05) is 30.3 Å². The molecular weight excluding hydrogens is 390 g/mol. The maximum Gasteiger partial charge on any atom is 0.223 e. The highest BCUT2D eigenvalue weighted by molar-refractivity contribution is 5.80. The summed E-state index contributed by atoms with van der Waals surface area (Å²) in [4.78, 5) is 23.2. The van der Waals surface area contributed by atoms with E-state index in [2.05, 4.69) is 32.7 Å². The van der Waals surface area contributed by atoms with E-state index < -0.39 is 0 Å². The minimum atomic E-state index is 0.234. The van der Waals surface area contributed by atoms with Gasteiger partial charge in [0.25, 0.3) is 0 Å². The van der Waals surface area contributed by atoms with Gasteiger partial charge < -0.3 is 20.3 Å². The number of ether oxygens (including phenoxy) is 1. The molecule has 1 fully saturated rings. The Hall–Kier alpha value is -3.09. The molecule has 0 aliphatic carbocycles. The van der Waals surface area contributed by atoms with Crippen molar-refractivity contribution in [2.45, 2.75) is 33.2 Å². The van der Waals surface area contributed by atoms with E-state index in [9.17, 15) is 4.79 Å². The van der Waals surface area contributed by atoms with E-state index in [1.807, 2.05) is 43.1 Å². The Bertz CT molecular complexity index is 914. The number of aliphatic imine (C=N–C) groups is 1. The van der Waals surface area contributed by atoms with Crippen molar-refractivity contribution in [2.24, 2.45) is 10.9 Å². The van der Waals surface area contributed by atoms with Gasteiger partial charge in [0.1, 0.15) is 5.75 Å². The first-order valence-electron chi connectivity index (χ1n) is 10.8. The maximum atomic E-state index is 12.4. The lowest BCUT2D eigenvalue weighted by molar-refractivity contribution is -0.127. The van der Waals surface area contributed by atoms with Gasteiger partial charge in [-0.2, -0.15) is 0 Å². The Labute approximate surface area is 184 Å². The van der Waals surface area contributed by atoms with Gasteiger partial charge in [-0.05, 0) is 25.8 Å². The van der Waals surface area contributed by atoms with Crippen LogP contribution in [0.2, 0.25) is 0 Å². The Balaban J connectivity index is 1.46. The fraction of sp³-hybridized carbons (Fsp3) is 0.458. The van der Waals surface area contributed by atoms with E-state index in [0.717, 1.165) is 42.1 Å². The first kappa shape index (κ1) is 22.6. The number of guanidine groups is 1. The third kappa shape index (κ3) is 5.96. The normalized spacial score (nSPS) is 16.5. The fourth-order valence-electron chi connectivity index (χ4n) is 3.99. The number of rotatable bonds is 8. The second-order valence-electron chi connectivity index (χ2n) is 8.00. The van der Waals surface area contributed by atoms with Crippen molar-refractivity contribution in [1.29, 1.82) is 0 Å². The van der Waals surface area contributed by atoms with Crippen LogP contribution < -0.4 is 15.4 Å². The number of hydrogen-bond acceptors (Lipinski definition) is 4. The summed E-state index contributed by atoms with van der Waals surface area (Å²) < 4.78 is 5.48. The number of aromatic nitrogens is 1. The highest BCUT2D eigenvalue weighted by Crippen LogP contribution is 2.23. The minimum Gasteiger partial charge on any atom is -0.496 e. The van der Waals surface area contributed by atoms with Crippen molar-refractivity contribution < 1.29 is 9.53 Å². The van der Waals surface area contributed by atoms with Crippen LogP contribution in [0.5, 0.6) is 5.75 Å². The first-order chi connectivity index (χ1) is 15.0. The molecule has 1 atom stereocenters. The number of likely N-dealkylation sites (tertiary alicyclic amines) is 1. The van der Waals surface area contributed by atoms with Gasteiger partial charge in [-0.25, -0.2) is 0 Å². The average molecular weight is 424 g/mol. The zero-order valence-electron chi connectivity index (χ0n) is 18.9. The summed E-state index contributed by atoms with van der Waals surface area (Å²) in [6, 6.07) is 10.3. The topological polar surface area (TPSA) is 78.9 Å². The van der Waals surface area contributed by atoms with Crippen LogP contribution in [0.25, 0.3) is 0 Å². The molecule has 1 aliphatic rings. The number of hydrogen-bond donors (Lipinski definition) is 2. The molecule has 7 heteroatoms. The second-order valence-corrected chi connectivity index (χ2v) is 8.00. The third-order valence-corrected chi connectivity index (χ3v) is 5.76. The van der Waals surface area contributed by atoms with E-state index in [4.69, 9.17) is 4.74 Å². The molecule has 166 valence electrons. The van der Waals surface area contributed by atoms with Gasteiger partial charge in [0.05, 0.1) is 19.3 Å². The number of carbonyl (C=O) groups excluding carboxylic acids is 1. The molecule has 2 aromatic rings. The number of nitrogens with one attached hydrogen (secondary N) is 2. The number of amides is 1. The van der Waals surface area contributed by atoms with E-state index >= 15 is 0 Å². The molecule has 7 nitrogen and oxygen atoms in total. The molecule has 2 heterocycles. The molecule has 1 aromatic heterocycles. The molecule has 31 heavy (non-hydrogen) atoms. The second kappa shape index (κ2) is 10.8. The summed E-state index contributed by atoms with van der Waals surface area (Å²) in [5, 5.41) is 6.67. The van der Waals surface area contributed by atoms with Crippen LogP contribution in [0.4, 0.5) is 0 Å². The van der Waals surface area contributed by atoms with Gasteiger partial charge >= 0.3 is 0 Å². The van der Waals surface area contributed by atoms with Crippen LogP contribution in [0.1, 0.15) is 28.8 Å². The Morgan fingerprint density at radius 1 is 1.26 bits per heavy atom. The number of nitrogens with zero attached hydrogens (tertiary/aromatic N) is 3. The van der Waals surface area contributed by atoms with Crippen LogP contribution >= 0.6 is 0 Å². The lowest BCUT2D eigenvalue weighted by atomic mass is 10.1. The molecule has 0 spiro atoms. The summed E-state index contributed by atoms with van der Waals surface area (Å²) in [5.74, 6) is 2.09. The molecule has 0 saturated carbocycles. The van der Waals surface area contributed by atoms with Crippen LogP contribution in [0, 0.1) is 19.8 Å². The Kier molecular flexibility index (Phi) is 7.87. The van der Waals surface area contributed by atoms with Gasteiger partial charge in [-0.15, -0.1) is 0 Å². The van der Waals surface area contributed by atoms with Gasteiger partial charge in [0.2, 0.25) is 5.91 Å². The van der Waals surface area contributed by atoms with E-state index in [-0.39, 0.29) is 11.8 Å². The molecule has 3 rings (SSSR count). The predicted octanol–water partition coefficient (Wildman–Crippen LogP) is 2.46. The van der Waals surface area contributed by atoms with Crippen LogP contribution in [0.15, 0.2) is 41.5 Å². The molecule has 0 bridgehead atoms. The quantitative estimate of drug-likeness (QED) is 0.504. The standard InChI is InChI=1S/C24H33N5O2/c1-17-13-26-21(18(2)23(17)31-4)15-28-24(25-3)27-14-20-12-22(30)29(16-20)11-10-19-8-6-5-7-9-19/h5-9,13,20H,10-12,14-16H2,1-4H3,(H2,25,27,28). The zero-order chi connectivity index (χ0) is 22.2. The zero-order valence-corrected chi connectivity index (χ0v) is 18.9. The summed E-state index contributed by atoms with van der Waals surface area (Å²) in [6.07, 6.45) is 3.30. The monoisotopic (exact) mass is 423 g/mol. The number of carbonyl (C=O) groups is 1. The van der Waals surface area contributed by atoms with Crippen molar-refractivity contribution >= 4 is 11.9 Å². The fourth-order valence-corrected chi connectivity index (χ4v) is 3.99. The molecule has 1 unspecified atom stereocenters. The van der Waals surface area contributed by atoms with Crippen LogP contribution in [-0.2, 0) is 17.8 Å². The largest absolute Gasteiger partial charge is 0.496 e. The highest BCUT2D eigenvalue weighted by Gasteiger charge is 2.29. The summed E-state index contributed by atoms with van der Waals surface area (Å²) >= 11 is 0. The van der Waals surface area contributed by atoms with Gasteiger partial charge in [0, 0.05) is 56.3 Å². The lowest BCUT2D eigenvalue weighted by Gasteiger charge is -2.18. The van der Waals surface area contributed by atoms with Gasteiger partial charge in [-0.3, -0.25) is 14.8 Å². The molecule has 1 aliphatic heterocycles. The first-order valence-corrected chi connectivity index (χ1v) is 10.8. The van der Waals surface area contributed by atoms with Crippen LogP contribution in [0.3, 0.4) is 0 Å². The van der Waals surface area contributed by atoms with E-state index in [1.54, 1.807) is 14.2 Å². The third-order valence-electron chi connectivity index (χ3n) is 5.76. The maximum absolute atomic E-state index is 12.4. The number of pyridine rings is 1. The number of methoxy groups -OCH3 is 1. The molecule has 0 radical (unpaired) electrons. The molecule has 1 aromatic carbocycles. The number of aryl methyl sites for hydroxylation is 1. The average Bonchev–Trinajstić information content (AvgIpc) is 3.14. The SMILES string of the molecule is CN=C(NCc1ncc(C)c(OC)c1C)NCC1CC(=O)N(CCc2ccccc2)C1. The van der Waals surface area contributed by atoms with Crippen molar-refractivity contribution in [2.75, 3.05) is 33.8 Å². The Morgan fingerprint density at radius 2 is 2.03 bits per heavy atom. The van der Waals surface area contributed by atoms with Crippen molar-refractivity contribution in [3.05, 3.63) is 58.9 Å². The lowest BCUT2D eigenvalue weighted by Crippen LogP contribution is -2.40. The van der Waals surface area contributed by atoms with E-state index in [0.29, 0.717) is 25.5 Å². The molecule has 1 saturated heterocycles. The highest BCUT2D eigenvalue weighted by atomic mass is 16.5. The smallest absolute Gasteiger partial charge is 0.223 e.